The van der Waals surface area contributed by atoms with E-state index in [9.17, 15) is 14.4 Å². The summed E-state index contributed by atoms with van der Waals surface area (Å²) in [6.07, 6.45) is 5.64. The Labute approximate surface area is 145 Å². The van der Waals surface area contributed by atoms with Gasteiger partial charge in [-0.3, -0.25) is 28.5 Å². The van der Waals surface area contributed by atoms with Crippen molar-refractivity contribution in [1.29, 1.82) is 0 Å². The fourth-order valence-electron chi connectivity index (χ4n) is 1.75. The number of allylic oxidation sites excluding steroid dienone is 2. The van der Waals surface area contributed by atoms with Crippen LogP contribution in [-0.2, 0) is 11.4 Å². The van der Waals surface area contributed by atoms with Gasteiger partial charge in [-0.25, -0.2) is 0 Å². The van der Waals surface area contributed by atoms with Crippen molar-refractivity contribution in [3.05, 3.63) is 77.6 Å². The molecule has 1 heterocycles. The molecule has 0 unspecified atom stereocenters. The summed E-state index contributed by atoms with van der Waals surface area (Å²) in [6, 6.07) is 10.1. The summed E-state index contributed by atoms with van der Waals surface area (Å²) in [5, 5.41) is 0. The molecule has 9 heteroatoms. The lowest BCUT2D eigenvalue weighted by atomic mass is 9.95. The number of primary amides is 1. The van der Waals surface area contributed by atoms with Crippen molar-refractivity contribution >= 4 is 28.8 Å². The zero-order valence-electron chi connectivity index (χ0n) is 12.7. The van der Waals surface area contributed by atoms with Crippen LogP contribution in [-0.4, -0.2) is 35.8 Å². The minimum Gasteiger partial charge on any atom is -0.366 e. The van der Waals surface area contributed by atoms with Crippen LogP contribution in [0.2, 0.25) is 0 Å². The first-order valence-electron chi connectivity index (χ1n) is 6.68. The zero-order chi connectivity index (χ0) is 18.8. The number of amides is 1. The molecule has 130 valence electrons. The molecule has 1 amide bonds. The fraction of sp³-hybridized carbons (Fsp3) is 0. The van der Waals surface area contributed by atoms with Crippen molar-refractivity contribution in [2.45, 2.75) is 0 Å². The van der Waals surface area contributed by atoms with Gasteiger partial charge in [0.25, 0.3) is 11.4 Å². The molecule has 4 N–H and O–H groups in total. The van der Waals surface area contributed by atoms with Gasteiger partial charge in [0.2, 0.25) is 5.91 Å². The second kappa shape index (κ2) is 9.98. The third-order valence-corrected chi connectivity index (χ3v) is 2.79. The topological polar surface area (TPSA) is 148 Å². The number of carbonyl (C=O) groups is 3. The van der Waals surface area contributed by atoms with Crippen LogP contribution in [0.1, 0.15) is 31.1 Å². The van der Waals surface area contributed by atoms with Crippen molar-refractivity contribution in [2.24, 2.45) is 5.73 Å². The molecule has 8 nitrogen and oxygen atoms in total. The number of nitrogens with zero attached hydrogens (tertiary/aromatic N) is 1. The SMILES string of the molecule is NC(=O)c1cccnc1.O=C1C=CC(=O)c2ccccc21.O=S(O)O. The summed E-state index contributed by atoms with van der Waals surface area (Å²) in [6.45, 7) is 0. The first-order chi connectivity index (χ1) is 11.8. The van der Waals surface area contributed by atoms with Crippen LogP contribution < -0.4 is 5.73 Å². The van der Waals surface area contributed by atoms with E-state index >= 15 is 0 Å². The minimum absolute atomic E-state index is 0.0924. The number of fused-ring (bicyclic) bond motifs is 1. The second-order valence-corrected chi connectivity index (χ2v) is 4.91. The number of aromatic nitrogens is 1. The van der Waals surface area contributed by atoms with E-state index in [2.05, 4.69) is 4.98 Å². The molecule has 0 saturated heterocycles. The van der Waals surface area contributed by atoms with Gasteiger partial charge in [-0.15, -0.1) is 0 Å². The summed E-state index contributed by atoms with van der Waals surface area (Å²) in [4.78, 5) is 36.5. The van der Waals surface area contributed by atoms with E-state index in [-0.39, 0.29) is 11.6 Å². The quantitative estimate of drug-likeness (QED) is 0.651. The van der Waals surface area contributed by atoms with E-state index < -0.39 is 17.3 Å². The van der Waals surface area contributed by atoms with Crippen molar-refractivity contribution in [3.63, 3.8) is 0 Å². The number of pyridine rings is 1. The van der Waals surface area contributed by atoms with Crippen molar-refractivity contribution in [2.75, 3.05) is 0 Å². The van der Waals surface area contributed by atoms with E-state index in [4.69, 9.17) is 19.0 Å². The Morgan fingerprint density at radius 3 is 1.76 bits per heavy atom. The average molecular weight is 362 g/mol. The molecule has 2 aromatic rings. The molecule has 25 heavy (non-hydrogen) atoms. The molecular weight excluding hydrogens is 348 g/mol. The predicted molar refractivity (Wildman–Crippen MR) is 90.4 cm³/mol. The van der Waals surface area contributed by atoms with Crippen LogP contribution in [0.5, 0.6) is 0 Å². The van der Waals surface area contributed by atoms with Gasteiger partial charge >= 0.3 is 0 Å². The average Bonchev–Trinajstić information content (AvgIpc) is 2.59. The maximum absolute atomic E-state index is 11.2. The lowest BCUT2D eigenvalue weighted by molar-refractivity contribution is 0.0994. The summed E-state index contributed by atoms with van der Waals surface area (Å²) < 4.78 is 22.8. The molecule has 1 aromatic heterocycles. The Kier molecular flexibility index (Phi) is 8.00. The lowest BCUT2D eigenvalue weighted by Crippen LogP contribution is -2.10. The Morgan fingerprint density at radius 1 is 0.960 bits per heavy atom. The van der Waals surface area contributed by atoms with Crippen LogP contribution in [0.25, 0.3) is 0 Å². The van der Waals surface area contributed by atoms with Crippen molar-refractivity contribution < 1.29 is 27.7 Å². The molecule has 0 aliphatic heterocycles. The smallest absolute Gasteiger partial charge is 0.299 e. The molecule has 0 saturated carbocycles. The highest BCUT2D eigenvalue weighted by atomic mass is 32.2. The fourth-order valence-corrected chi connectivity index (χ4v) is 1.75. The summed E-state index contributed by atoms with van der Waals surface area (Å²) in [5.74, 6) is -0.626. The summed E-state index contributed by atoms with van der Waals surface area (Å²) in [5.41, 5.74) is 6.39. The van der Waals surface area contributed by atoms with Crippen LogP contribution in [0.4, 0.5) is 0 Å². The molecular formula is C16H14N2O6S. The first-order valence-corrected chi connectivity index (χ1v) is 7.74. The predicted octanol–water partition coefficient (Wildman–Crippen LogP) is 1.48. The van der Waals surface area contributed by atoms with Gasteiger partial charge in [-0.05, 0) is 24.3 Å². The first kappa shape index (κ1) is 20.0. The van der Waals surface area contributed by atoms with Crippen molar-refractivity contribution in [3.8, 4) is 0 Å². The Hall–Kier alpha value is -3.01. The van der Waals surface area contributed by atoms with Gasteiger partial charge in [0.15, 0.2) is 11.6 Å². The normalized spacial score (nSPS) is 11.6. The highest BCUT2D eigenvalue weighted by Gasteiger charge is 2.16. The molecule has 1 aromatic carbocycles. The molecule has 1 aliphatic carbocycles. The molecule has 0 spiro atoms. The van der Waals surface area contributed by atoms with E-state index in [0.717, 1.165) is 0 Å². The molecule has 0 bridgehead atoms. The molecule has 0 radical (unpaired) electrons. The largest absolute Gasteiger partial charge is 0.366 e. The lowest BCUT2D eigenvalue weighted by Gasteiger charge is -2.06. The highest BCUT2D eigenvalue weighted by molar-refractivity contribution is 7.73. The van der Waals surface area contributed by atoms with Crippen molar-refractivity contribution in [1.82, 2.24) is 4.98 Å². The van der Waals surface area contributed by atoms with Gasteiger partial charge in [0.1, 0.15) is 0 Å². The van der Waals surface area contributed by atoms with Gasteiger partial charge < -0.3 is 5.73 Å². The molecule has 0 fully saturated rings. The summed E-state index contributed by atoms with van der Waals surface area (Å²) >= 11 is -2.61. The maximum atomic E-state index is 11.2. The van der Waals surface area contributed by atoms with Gasteiger partial charge in [0, 0.05) is 23.5 Å². The number of ketones is 2. The number of benzene rings is 1. The van der Waals surface area contributed by atoms with Gasteiger partial charge in [0.05, 0.1) is 5.56 Å². The van der Waals surface area contributed by atoms with E-state index in [1.807, 2.05) is 0 Å². The third-order valence-electron chi connectivity index (χ3n) is 2.79. The van der Waals surface area contributed by atoms with Crippen LogP contribution in [0.15, 0.2) is 60.9 Å². The highest BCUT2D eigenvalue weighted by Crippen LogP contribution is 2.15. The summed E-state index contributed by atoms with van der Waals surface area (Å²) in [7, 11) is 0. The number of nitrogens with two attached hydrogens (primary N) is 1. The van der Waals surface area contributed by atoms with E-state index in [0.29, 0.717) is 16.7 Å². The second-order valence-electron chi connectivity index (χ2n) is 4.44. The maximum Gasteiger partial charge on any atom is 0.299 e. The number of rotatable bonds is 1. The van der Waals surface area contributed by atoms with Crippen LogP contribution in [0.3, 0.4) is 0 Å². The minimum atomic E-state index is -2.61. The Balaban J connectivity index is 0.000000213. The monoisotopic (exact) mass is 362 g/mol. The number of hydrogen-bond donors (Lipinski definition) is 3. The number of carbonyl (C=O) groups excluding carboxylic acids is 3. The van der Waals surface area contributed by atoms with E-state index in [1.165, 1.54) is 18.3 Å². The van der Waals surface area contributed by atoms with Crippen LogP contribution >= 0.6 is 0 Å². The molecule has 3 rings (SSSR count). The standard InChI is InChI=1S/C10H6O2.C6H6N2O.H2O3S/c11-9-5-6-10(12)8-4-2-1-3-7(8)9;7-6(9)5-2-1-3-8-4-5;1-4(2)3/h1-6H;1-4H,(H2,7,9);(H2,1,2,3). The third kappa shape index (κ3) is 6.96. The van der Waals surface area contributed by atoms with E-state index in [1.54, 1.807) is 42.6 Å². The zero-order valence-corrected chi connectivity index (χ0v) is 13.6. The number of hydrogen-bond acceptors (Lipinski definition) is 5. The van der Waals surface area contributed by atoms with Gasteiger partial charge in [-0.1, -0.05) is 24.3 Å². The molecule has 0 atom stereocenters. The Morgan fingerprint density at radius 2 is 1.44 bits per heavy atom. The Bertz CT molecular complexity index is 779. The van der Waals surface area contributed by atoms with Crippen LogP contribution in [0, 0.1) is 0 Å². The molecule has 1 aliphatic rings. The van der Waals surface area contributed by atoms with Gasteiger partial charge in [-0.2, -0.15) is 4.21 Å².